The molecular formula is C24H18N4O. The molecule has 0 fully saturated rings. The first kappa shape index (κ1) is 17.1. The number of rotatable bonds is 4. The Hall–Kier alpha value is -3.99. The predicted octanol–water partition coefficient (Wildman–Crippen LogP) is 4.75. The van der Waals surface area contributed by atoms with E-state index in [0.29, 0.717) is 12.1 Å². The smallest absolute Gasteiger partial charge is 0.228 e. The summed E-state index contributed by atoms with van der Waals surface area (Å²) in [5.41, 5.74) is 4.12. The number of hydrogen-bond acceptors (Lipinski definition) is 3. The van der Waals surface area contributed by atoms with Gasteiger partial charge in [-0.3, -0.25) is 4.79 Å². The summed E-state index contributed by atoms with van der Waals surface area (Å²) in [6.07, 6.45) is 0.335. The number of benzene rings is 4. The van der Waals surface area contributed by atoms with Crippen LogP contribution in [0.1, 0.15) is 5.56 Å². The van der Waals surface area contributed by atoms with Crippen LogP contribution in [0.3, 0.4) is 0 Å². The highest BCUT2D eigenvalue weighted by Gasteiger charge is 2.10. The van der Waals surface area contributed by atoms with Crippen molar-refractivity contribution in [1.29, 1.82) is 0 Å². The van der Waals surface area contributed by atoms with Crippen LogP contribution in [0.5, 0.6) is 0 Å². The fraction of sp³-hybridized carbons (Fsp3) is 0.0417. The molecule has 0 saturated carbocycles. The Balaban J connectivity index is 1.44. The Bertz CT molecular complexity index is 1320. The van der Waals surface area contributed by atoms with Crippen LogP contribution in [-0.4, -0.2) is 20.9 Å². The maximum atomic E-state index is 12.3. The van der Waals surface area contributed by atoms with Gasteiger partial charge in [-0.2, -0.15) is 0 Å². The Morgan fingerprint density at radius 1 is 0.793 bits per heavy atom. The van der Waals surface area contributed by atoms with E-state index in [1.165, 1.54) is 0 Å². The molecule has 5 aromatic rings. The van der Waals surface area contributed by atoms with E-state index in [9.17, 15) is 4.79 Å². The third-order valence-electron chi connectivity index (χ3n) is 4.85. The van der Waals surface area contributed by atoms with E-state index in [-0.39, 0.29) is 5.91 Å². The molecule has 0 aliphatic heterocycles. The largest absolute Gasteiger partial charge is 0.326 e. The molecule has 1 amide bonds. The second-order valence-electron chi connectivity index (χ2n) is 6.90. The van der Waals surface area contributed by atoms with Gasteiger partial charge in [0, 0.05) is 11.1 Å². The Morgan fingerprint density at radius 2 is 1.55 bits per heavy atom. The van der Waals surface area contributed by atoms with Crippen LogP contribution in [0, 0.1) is 0 Å². The Kier molecular flexibility index (Phi) is 4.26. The van der Waals surface area contributed by atoms with Crippen molar-refractivity contribution in [2.45, 2.75) is 6.42 Å². The van der Waals surface area contributed by atoms with E-state index in [2.05, 4.69) is 33.7 Å². The molecule has 0 saturated heterocycles. The number of nitrogens with one attached hydrogen (secondary N) is 1. The van der Waals surface area contributed by atoms with E-state index in [1.54, 1.807) is 4.80 Å². The lowest BCUT2D eigenvalue weighted by molar-refractivity contribution is -0.115. The third-order valence-corrected chi connectivity index (χ3v) is 4.85. The molecule has 0 spiro atoms. The van der Waals surface area contributed by atoms with Gasteiger partial charge in [0.1, 0.15) is 11.0 Å². The number of hydrogen-bond donors (Lipinski definition) is 1. The zero-order valence-corrected chi connectivity index (χ0v) is 15.6. The summed E-state index contributed by atoms with van der Waals surface area (Å²) >= 11 is 0. The minimum absolute atomic E-state index is 0.0583. The molecule has 29 heavy (non-hydrogen) atoms. The molecule has 0 bridgehead atoms. The van der Waals surface area contributed by atoms with Crippen LogP contribution >= 0.6 is 0 Å². The van der Waals surface area contributed by atoms with Crippen molar-refractivity contribution in [2.24, 2.45) is 0 Å². The van der Waals surface area contributed by atoms with Gasteiger partial charge >= 0.3 is 0 Å². The molecule has 5 heteroatoms. The SMILES string of the molecule is O=C(Cc1ccccc1)Nc1ccc2nn(-c3cccc4ccccc34)nc2c1. The normalized spacial score (nSPS) is 11.0. The number of nitrogens with zero attached hydrogens (tertiary/aromatic N) is 3. The molecule has 0 unspecified atom stereocenters. The van der Waals surface area contributed by atoms with Crippen molar-refractivity contribution in [3.8, 4) is 5.69 Å². The van der Waals surface area contributed by atoms with Gasteiger partial charge in [-0.1, -0.05) is 66.7 Å². The highest BCUT2D eigenvalue weighted by Crippen LogP contribution is 2.23. The van der Waals surface area contributed by atoms with Crippen molar-refractivity contribution in [3.63, 3.8) is 0 Å². The second kappa shape index (κ2) is 7.20. The molecule has 0 radical (unpaired) electrons. The van der Waals surface area contributed by atoms with Gasteiger partial charge in [0.2, 0.25) is 5.91 Å². The average molecular weight is 378 g/mol. The minimum Gasteiger partial charge on any atom is -0.326 e. The first-order valence-electron chi connectivity index (χ1n) is 9.45. The molecule has 0 aliphatic carbocycles. The third kappa shape index (κ3) is 3.46. The lowest BCUT2D eigenvalue weighted by Crippen LogP contribution is -2.14. The van der Waals surface area contributed by atoms with Crippen molar-refractivity contribution in [2.75, 3.05) is 5.32 Å². The molecule has 0 aliphatic rings. The fourth-order valence-corrected chi connectivity index (χ4v) is 3.47. The second-order valence-corrected chi connectivity index (χ2v) is 6.90. The van der Waals surface area contributed by atoms with E-state index < -0.39 is 0 Å². The summed E-state index contributed by atoms with van der Waals surface area (Å²) in [6, 6.07) is 29.5. The Morgan fingerprint density at radius 3 is 2.45 bits per heavy atom. The zero-order chi connectivity index (χ0) is 19.6. The molecule has 5 nitrogen and oxygen atoms in total. The maximum absolute atomic E-state index is 12.3. The predicted molar refractivity (Wildman–Crippen MR) is 115 cm³/mol. The van der Waals surface area contributed by atoms with Gasteiger partial charge < -0.3 is 5.32 Å². The number of fused-ring (bicyclic) bond motifs is 2. The first-order chi connectivity index (χ1) is 14.3. The number of carbonyl (C=O) groups is 1. The van der Waals surface area contributed by atoms with Gasteiger partial charge in [0.25, 0.3) is 0 Å². The van der Waals surface area contributed by atoms with Gasteiger partial charge in [-0.15, -0.1) is 15.0 Å². The molecule has 5 rings (SSSR count). The van der Waals surface area contributed by atoms with Crippen LogP contribution in [0.4, 0.5) is 5.69 Å². The lowest BCUT2D eigenvalue weighted by atomic mass is 10.1. The number of anilines is 1. The lowest BCUT2D eigenvalue weighted by Gasteiger charge is -2.05. The van der Waals surface area contributed by atoms with Crippen LogP contribution < -0.4 is 5.32 Å². The van der Waals surface area contributed by atoms with E-state index in [0.717, 1.165) is 33.1 Å². The summed E-state index contributed by atoms with van der Waals surface area (Å²) in [6.45, 7) is 0. The van der Waals surface area contributed by atoms with Gasteiger partial charge in [-0.25, -0.2) is 0 Å². The van der Waals surface area contributed by atoms with Crippen LogP contribution in [0.15, 0.2) is 91.0 Å². The summed E-state index contributed by atoms with van der Waals surface area (Å²) in [5, 5.41) is 14.4. The zero-order valence-electron chi connectivity index (χ0n) is 15.6. The highest BCUT2D eigenvalue weighted by molar-refractivity contribution is 5.94. The van der Waals surface area contributed by atoms with Gasteiger partial charge in [0.15, 0.2) is 0 Å². The molecule has 4 aromatic carbocycles. The van der Waals surface area contributed by atoms with E-state index in [4.69, 9.17) is 0 Å². The molecular weight excluding hydrogens is 360 g/mol. The molecule has 1 N–H and O–H groups in total. The van der Waals surface area contributed by atoms with Crippen LogP contribution in [-0.2, 0) is 11.2 Å². The van der Waals surface area contributed by atoms with Crippen molar-refractivity contribution >= 4 is 33.4 Å². The van der Waals surface area contributed by atoms with E-state index >= 15 is 0 Å². The molecule has 0 atom stereocenters. The van der Waals surface area contributed by atoms with Crippen molar-refractivity contribution in [1.82, 2.24) is 15.0 Å². The topological polar surface area (TPSA) is 59.8 Å². The maximum Gasteiger partial charge on any atom is 0.228 e. The quantitative estimate of drug-likeness (QED) is 0.491. The van der Waals surface area contributed by atoms with Crippen LogP contribution in [0.25, 0.3) is 27.5 Å². The summed E-state index contributed by atoms with van der Waals surface area (Å²) < 4.78 is 0. The monoisotopic (exact) mass is 378 g/mol. The summed E-state index contributed by atoms with van der Waals surface area (Å²) in [4.78, 5) is 14.0. The van der Waals surface area contributed by atoms with Gasteiger partial charge in [0.05, 0.1) is 12.1 Å². The van der Waals surface area contributed by atoms with E-state index in [1.807, 2.05) is 72.8 Å². The summed E-state index contributed by atoms with van der Waals surface area (Å²) in [5.74, 6) is -0.0583. The molecule has 140 valence electrons. The van der Waals surface area contributed by atoms with Crippen molar-refractivity contribution < 1.29 is 4.79 Å². The first-order valence-corrected chi connectivity index (χ1v) is 9.45. The number of aromatic nitrogens is 3. The highest BCUT2D eigenvalue weighted by atomic mass is 16.1. The van der Waals surface area contributed by atoms with Gasteiger partial charge in [-0.05, 0) is 35.2 Å². The average Bonchev–Trinajstić information content (AvgIpc) is 3.17. The van der Waals surface area contributed by atoms with Crippen LogP contribution in [0.2, 0.25) is 0 Å². The fourth-order valence-electron chi connectivity index (χ4n) is 3.47. The standard InChI is InChI=1S/C24H18N4O/c29-24(15-17-7-2-1-3-8-17)25-19-13-14-21-22(16-19)27-28(26-21)23-12-6-10-18-9-4-5-11-20(18)23/h1-14,16H,15H2,(H,25,29). The summed E-state index contributed by atoms with van der Waals surface area (Å²) in [7, 11) is 0. The minimum atomic E-state index is -0.0583. The molecule has 1 heterocycles. The van der Waals surface area contributed by atoms with Crippen molar-refractivity contribution in [3.05, 3.63) is 96.6 Å². The number of amides is 1. The Labute approximate surface area is 167 Å². The molecule has 1 aromatic heterocycles. The number of carbonyl (C=O) groups excluding carboxylic acids is 1.